The monoisotopic (exact) mass is 320 g/mol. The van der Waals surface area contributed by atoms with E-state index in [4.69, 9.17) is 0 Å². The zero-order chi connectivity index (χ0) is 16.3. The lowest BCUT2D eigenvalue weighted by Crippen LogP contribution is -2.37. The minimum atomic E-state index is -0.640. The highest BCUT2D eigenvalue weighted by Crippen LogP contribution is 2.56. The molecular formula is C22H24O2. The minimum absolute atomic E-state index is 0.161. The smallest absolute Gasteiger partial charge is 0.115 e. The lowest BCUT2D eigenvalue weighted by molar-refractivity contribution is 0.0502. The summed E-state index contributed by atoms with van der Waals surface area (Å²) in [7, 11) is 0. The van der Waals surface area contributed by atoms with Gasteiger partial charge in [0, 0.05) is 5.92 Å². The Hall–Kier alpha value is -1.80. The van der Waals surface area contributed by atoms with Crippen molar-refractivity contribution in [2.45, 2.75) is 50.0 Å². The number of allylic oxidation sites excluding steroid dienone is 3. The first-order valence-electron chi connectivity index (χ1n) is 9.28. The van der Waals surface area contributed by atoms with E-state index in [-0.39, 0.29) is 5.92 Å². The molecule has 4 aliphatic rings. The third-order valence-electron chi connectivity index (χ3n) is 6.87. The van der Waals surface area contributed by atoms with Crippen LogP contribution in [-0.2, 0) is 6.42 Å². The molecule has 0 aliphatic heterocycles. The van der Waals surface area contributed by atoms with E-state index >= 15 is 0 Å². The maximum Gasteiger partial charge on any atom is 0.115 e. The van der Waals surface area contributed by atoms with Gasteiger partial charge in [0.25, 0.3) is 0 Å². The number of aliphatic hydroxyl groups is 1. The van der Waals surface area contributed by atoms with Crippen LogP contribution in [-0.4, -0.2) is 15.8 Å². The van der Waals surface area contributed by atoms with Crippen LogP contribution in [0.4, 0.5) is 0 Å². The topological polar surface area (TPSA) is 40.5 Å². The maximum absolute atomic E-state index is 11.4. The van der Waals surface area contributed by atoms with Crippen LogP contribution in [0, 0.1) is 11.8 Å². The Morgan fingerprint density at radius 2 is 1.75 bits per heavy atom. The van der Waals surface area contributed by atoms with Gasteiger partial charge >= 0.3 is 0 Å². The van der Waals surface area contributed by atoms with Crippen molar-refractivity contribution in [3.63, 3.8) is 0 Å². The Morgan fingerprint density at radius 3 is 2.58 bits per heavy atom. The van der Waals surface area contributed by atoms with Gasteiger partial charge in [-0.2, -0.15) is 0 Å². The van der Waals surface area contributed by atoms with Gasteiger partial charge < -0.3 is 10.2 Å². The Kier molecular flexibility index (Phi) is 3.09. The van der Waals surface area contributed by atoms with Gasteiger partial charge in [-0.3, -0.25) is 0 Å². The van der Waals surface area contributed by atoms with Crippen LogP contribution in [0.2, 0.25) is 0 Å². The molecule has 0 spiro atoms. The summed E-state index contributed by atoms with van der Waals surface area (Å²) in [5.41, 5.74) is 5.04. The average molecular weight is 320 g/mol. The predicted molar refractivity (Wildman–Crippen MR) is 94.9 cm³/mol. The largest absolute Gasteiger partial charge is 0.508 e. The van der Waals surface area contributed by atoms with Crippen molar-refractivity contribution in [2.24, 2.45) is 11.8 Å². The third kappa shape index (κ3) is 1.92. The van der Waals surface area contributed by atoms with E-state index in [0.29, 0.717) is 17.6 Å². The average Bonchev–Trinajstić information content (AvgIpc) is 3.23. The van der Waals surface area contributed by atoms with Crippen molar-refractivity contribution < 1.29 is 10.2 Å². The standard InChI is InChI=1S/C22H24O2/c23-16-6-8-17-14(13-16)5-7-19-18(17)9-10-21-20(19)11-12-22(21,24)15-3-1-2-4-15/h1-4,6,8,13,15,18-19,23-24H,5,7,9-12H2/t18-,19-,22-/m1/s1. The van der Waals surface area contributed by atoms with Crippen LogP contribution in [0.5, 0.6) is 5.75 Å². The summed E-state index contributed by atoms with van der Waals surface area (Å²) < 4.78 is 0. The molecular weight excluding hydrogens is 296 g/mol. The molecule has 24 heavy (non-hydrogen) atoms. The van der Waals surface area contributed by atoms with Crippen molar-refractivity contribution in [3.8, 4) is 5.75 Å². The number of rotatable bonds is 1. The molecule has 0 saturated heterocycles. The molecule has 4 aliphatic carbocycles. The highest BCUT2D eigenvalue weighted by Gasteiger charge is 2.49. The fourth-order valence-corrected chi connectivity index (χ4v) is 5.78. The summed E-state index contributed by atoms with van der Waals surface area (Å²) in [5, 5.41) is 21.2. The molecule has 0 unspecified atom stereocenters. The Labute approximate surface area is 143 Å². The number of hydrogen-bond acceptors (Lipinski definition) is 2. The normalized spacial score (nSPS) is 34.4. The van der Waals surface area contributed by atoms with Gasteiger partial charge in [-0.1, -0.05) is 35.9 Å². The van der Waals surface area contributed by atoms with Gasteiger partial charge in [0.1, 0.15) is 5.75 Å². The molecule has 2 heteroatoms. The van der Waals surface area contributed by atoms with Crippen molar-refractivity contribution in [3.05, 3.63) is 64.8 Å². The molecule has 0 aromatic heterocycles. The number of phenolic OH excluding ortho intramolecular Hbond substituents is 1. The zero-order valence-corrected chi connectivity index (χ0v) is 13.9. The first-order chi connectivity index (χ1) is 11.7. The second-order valence-corrected chi connectivity index (χ2v) is 7.90. The maximum atomic E-state index is 11.4. The van der Waals surface area contributed by atoms with Crippen LogP contribution in [0.1, 0.15) is 49.1 Å². The second-order valence-electron chi connectivity index (χ2n) is 7.90. The van der Waals surface area contributed by atoms with Crippen LogP contribution >= 0.6 is 0 Å². The third-order valence-corrected chi connectivity index (χ3v) is 6.87. The molecule has 124 valence electrons. The highest BCUT2D eigenvalue weighted by atomic mass is 16.3. The van der Waals surface area contributed by atoms with E-state index in [9.17, 15) is 10.2 Å². The van der Waals surface area contributed by atoms with Crippen LogP contribution in [0.25, 0.3) is 0 Å². The van der Waals surface area contributed by atoms with E-state index in [2.05, 4.69) is 30.4 Å². The SMILES string of the molecule is Oc1ccc2c(c1)CC[C@H]1C3=C(CC[C@H]21)[C@](O)(C1C=CC=C1)CC3. The van der Waals surface area contributed by atoms with E-state index in [0.717, 1.165) is 38.5 Å². The van der Waals surface area contributed by atoms with E-state index in [1.54, 1.807) is 5.57 Å². The molecule has 0 heterocycles. The summed E-state index contributed by atoms with van der Waals surface area (Å²) in [6, 6.07) is 5.93. The second kappa shape index (κ2) is 5.10. The molecule has 2 N–H and O–H groups in total. The zero-order valence-electron chi connectivity index (χ0n) is 13.9. The van der Waals surface area contributed by atoms with Gasteiger partial charge in [-0.25, -0.2) is 0 Å². The molecule has 1 aromatic rings. The van der Waals surface area contributed by atoms with Crippen LogP contribution in [0.3, 0.4) is 0 Å². The molecule has 0 saturated carbocycles. The quantitative estimate of drug-likeness (QED) is 0.753. The number of hydrogen-bond donors (Lipinski definition) is 2. The molecule has 0 amide bonds. The fourth-order valence-electron chi connectivity index (χ4n) is 5.78. The molecule has 3 atom stereocenters. The highest BCUT2D eigenvalue weighted by molar-refractivity contribution is 5.46. The summed E-state index contributed by atoms with van der Waals surface area (Å²) in [6.45, 7) is 0. The van der Waals surface area contributed by atoms with Crippen LogP contribution < -0.4 is 0 Å². The van der Waals surface area contributed by atoms with Crippen molar-refractivity contribution in [1.29, 1.82) is 0 Å². The summed E-state index contributed by atoms with van der Waals surface area (Å²) in [4.78, 5) is 0. The fraction of sp³-hybridized carbons (Fsp3) is 0.455. The predicted octanol–water partition coefficient (Wildman–Crippen LogP) is 4.40. The number of fused-ring (bicyclic) bond motifs is 4. The molecule has 0 bridgehead atoms. The molecule has 0 fully saturated rings. The number of benzene rings is 1. The van der Waals surface area contributed by atoms with Gasteiger partial charge in [0.2, 0.25) is 0 Å². The lowest BCUT2D eigenvalue weighted by atomic mass is 9.65. The van der Waals surface area contributed by atoms with E-state index < -0.39 is 5.60 Å². The number of aromatic hydroxyl groups is 1. The number of phenols is 1. The van der Waals surface area contributed by atoms with E-state index in [1.807, 2.05) is 12.1 Å². The lowest BCUT2D eigenvalue weighted by Gasteiger charge is -2.41. The summed E-state index contributed by atoms with van der Waals surface area (Å²) >= 11 is 0. The van der Waals surface area contributed by atoms with Crippen LogP contribution in [0.15, 0.2) is 53.6 Å². The molecule has 5 rings (SSSR count). The molecule has 1 aromatic carbocycles. The Morgan fingerprint density at radius 1 is 0.958 bits per heavy atom. The van der Waals surface area contributed by atoms with Gasteiger partial charge in [-0.05, 0) is 79.2 Å². The van der Waals surface area contributed by atoms with Gasteiger partial charge in [0.15, 0.2) is 0 Å². The molecule has 0 radical (unpaired) electrons. The van der Waals surface area contributed by atoms with Crippen molar-refractivity contribution >= 4 is 0 Å². The summed E-state index contributed by atoms with van der Waals surface area (Å²) in [5.74, 6) is 1.71. The summed E-state index contributed by atoms with van der Waals surface area (Å²) in [6.07, 6.45) is 14.7. The first kappa shape index (κ1) is 14.5. The van der Waals surface area contributed by atoms with E-state index in [1.165, 1.54) is 16.7 Å². The van der Waals surface area contributed by atoms with Crippen molar-refractivity contribution in [1.82, 2.24) is 0 Å². The Balaban J connectivity index is 1.53. The number of aryl methyl sites for hydroxylation is 1. The van der Waals surface area contributed by atoms with Gasteiger partial charge in [-0.15, -0.1) is 0 Å². The minimum Gasteiger partial charge on any atom is -0.508 e. The molecule has 2 nitrogen and oxygen atoms in total. The first-order valence-corrected chi connectivity index (χ1v) is 9.28. The Bertz CT molecular complexity index is 773. The van der Waals surface area contributed by atoms with Crippen molar-refractivity contribution in [2.75, 3.05) is 0 Å². The van der Waals surface area contributed by atoms with Gasteiger partial charge in [0.05, 0.1) is 5.60 Å².